The first-order valence-corrected chi connectivity index (χ1v) is 8.71. The number of amidine groups is 1. The largest absolute Gasteiger partial charge is 0.335 e. The molecule has 1 aromatic carbocycles. The van der Waals surface area contributed by atoms with Crippen LogP contribution in [0.5, 0.6) is 0 Å². The van der Waals surface area contributed by atoms with Gasteiger partial charge in [0, 0.05) is 15.9 Å². The smallest absolute Gasteiger partial charge is 0.161 e. The van der Waals surface area contributed by atoms with Gasteiger partial charge in [0.2, 0.25) is 0 Å². The van der Waals surface area contributed by atoms with Crippen molar-refractivity contribution in [3.05, 3.63) is 28.2 Å². The maximum absolute atomic E-state index is 5.00. The topological polar surface area (TPSA) is 24.4 Å². The van der Waals surface area contributed by atoms with Crippen LogP contribution in [0.2, 0.25) is 0 Å². The van der Waals surface area contributed by atoms with Crippen molar-refractivity contribution in [2.24, 2.45) is 4.99 Å². The lowest BCUT2D eigenvalue weighted by molar-refractivity contribution is 0.335. The second kappa shape index (κ2) is 5.49. The predicted octanol–water partition coefficient (Wildman–Crippen LogP) is 4.98. The fourth-order valence-electron chi connectivity index (χ4n) is 2.86. The maximum atomic E-state index is 5.00. The molecule has 102 valence electrons. The molecule has 19 heavy (non-hydrogen) atoms. The first kappa shape index (κ1) is 13.5. The molecule has 2 aliphatic rings. The summed E-state index contributed by atoms with van der Waals surface area (Å²) in [5, 5.41) is 4.60. The van der Waals surface area contributed by atoms with Crippen LogP contribution in [0.1, 0.15) is 37.7 Å². The summed E-state index contributed by atoms with van der Waals surface area (Å²) in [7, 11) is 0. The Balaban J connectivity index is 1.77. The van der Waals surface area contributed by atoms with Crippen molar-refractivity contribution in [1.29, 1.82) is 0 Å². The summed E-state index contributed by atoms with van der Waals surface area (Å²) in [5.74, 6) is 1.16. The van der Waals surface area contributed by atoms with E-state index in [1.807, 2.05) is 11.8 Å². The van der Waals surface area contributed by atoms with Gasteiger partial charge in [-0.25, -0.2) is 0 Å². The van der Waals surface area contributed by atoms with E-state index in [4.69, 9.17) is 4.99 Å². The van der Waals surface area contributed by atoms with Gasteiger partial charge in [-0.05, 0) is 37.5 Å². The van der Waals surface area contributed by atoms with E-state index in [0.717, 1.165) is 21.1 Å². The molecule has 0 bridgehead atoms. The van der Waals surface area contributed by atoms with Crippen LogP contribution in [0.25, 0.3) is 0 Å². The first-order valence-electron chi connectivity index (χ1n) is 6.93. The van der Waals surface area contributed by atoms with Crippen molar-refractivity contribution in [1.82, 2.24) is 0 Å². The van der Waals surface area contributed by atoms with Crippen molar-refractivity contribution in [3.8, 4) is 0 Å². The van der Waals surface area contributed by atoms with E-state index in [0.29, 0.717) is 0 Å². The third-order valence-corrected chi connectivity index (χ3v) is 5.68. The molecule has 4 heteroatoms. The van der Waals surface area contributed by atoms with Crippen LogP contribution in [-0.2, 0) is 0 Å². The quantitative estimate of drug-likeness (QED) is 0.781. The van der Waals surface area contributed by atoms with Crippen molar-refractivity contribution >= 4 is 38.5 Å². The van der Waals surface area contributed by atoms with Crippen molar-refractivity contribution in [2.75, 3.05) is 11.1 Å². The summed E-state index contributed by atoms with van der Waals surface area (Å²) >= 11 is 5.41. The van der Waals surface area contributed by atoms with Gasteiger partial charge in [0.15, 0.2) is 5.17 Å². The number of hydrogen-bond acceptors (Lipinski definition) is 3. The number of nitrogens with zero attached hydrogens (tertiary/aromatic N) is 1. The van der Waals surface area contributed by atoms with Gasteiger partial charge in [0.25, 0.3) is 0 Å². The number of benzene rings is 1. The zero-order valence-electron chi connectivity index (χ0n) is 11.2. The van der Waals surface area contributed by atoms with Crippen LogP contribution in [-0.4, -0.2) is 16.5 Å². The van der Waals surface area contributed by atoms with Crippen molar-refractivity contribution in [2.45, 2.75) is 44.6 Å². The van der Waals surface area contributed by atoms with E-state index in [9.17, 15) is 0 Å². The van der Waals surface area contributed by atoms with E-state index in [2.05, 4.69) is 46.4 Å². The molecule has 1 aromatic rings. The van der Waals surface area contributed by atoms with Crippen LogP contribution < -0.4 is 5.32 Å². The second-order valence-corrected chi connectivity index (χ2v) is 7.45. The van der Waals surface area contributed by atoms with Gasteiger partial charge in [-0.1, -0.05) is 53.0 Å². The molecule has 0 aromatic heterocycles. The highest BCUT2D eigenvalue weighted by atomic mass is 79.9. The normalized spacial score (nSPS) is 21.5. The number of rotatable bonds is 1. The molecule has 1 heterocycles. The van der Waals surface area contributed by atoms with Crippen LogP contribution in [0, 0.1) is 6.92 Å². The lowest BCUT2D eigenvalue weighted by atomic mass is 9.84. The zero-order valence-corrected chi connectivity index (χ0v) is 13.6. The Morgan fingerprint density at radius 1 is 1.26 bits per heavy atom. The monoisotopic (exact) mass is 338 g/mol. The molecule has 2 nitrogen and oxygen atoms in total. The van der Waals surface area contributed by atoms with Gasteiger partial charge >= 0.3 is 0 Å². The minimum atomic E-state index is 0.241. The average molecular weight is 339 g/mol. The minimum absolute atomic E-state index is 0.241. The highest BCUT2D eigenvalue weighted by Gasteiger charge is 2.36. The van der Waals surface area contributed by atoms with Gasteiger partial charge in [0.1, 0.15) is 0 Å². The van der Waals surface area contributed by atoms with Gasteiger partial charge in [0.05, 0.1) is 5.54 Å². The number of thioether (sulfide) groups is 1. The molecule has 1 spiro atoms. The molecule has 0 unspecified atom stereocenters. The van der Waals surface area contributed by atoms with E-state index in [1.165, 1.54) is 37.7 Å². The molecule has 1 N–H and O–H groups in total. The number of halogens is 1. The molecule has 1 fully saturated rings. The summed E-state index contributed by atoms with van der Waals surface area (Å²) in [5.41, 5.74) is 2.66. The van der Waals surface area contributed by atoms with Crippen LogP contribution >= 0.6 is 27.7 Å². The van der Waals surface area contributed by atoms with E-state index in [1.54, 1.807) is 0 Å². The fourth-order valence-corrected chi connectivity index (χ4v) is 4.42. The third kappa shape index (κ3) is 3.00. The highest BCUT2D eigenvalue weighted by Crippen LogP contribution is 2.40. The highest BCUT2D eigenvalue weighted by molar-refractivity contribution is 9.10. The Bertz CT molecular complexity index is 507. The molecule has 3 rings (SSSR count). The number of anilines is 1. The van der Waals surface area contributed by atoms with Gasteiger partial charge in [-0.15, -0.1) is 0 Å². The number of aliphatic imine (C=N–C) groups is 1. The standard InChI is InChI=1S/C15H19BrN2S/c1-11-5-6-12(16)9-13(11)17-14-18-15(10-19-14)7-3-2-4-8-15/h5-6,9H,2-4,7-8,10H2,1H3,(H,17,18). The number of aryl methyl sites for hydroxylation is 1. The minimum Gasteiger partial charge on any atom is -0.335 e. The molecular formula is C15H19BrN2S. The lowest BCUT2D eigenvalue weighted by Gasteiger charge is -2.29. The van der Waals surface area contributed by atoms with Gasteiger partial charge < -0.3 is 5.32 Å². The Labute approximate surface area is 127 Å². The third-order valence-electron chi connectivity index (χ3n) is 4.04. The van der Waals surface area contributed by atoms with Gasteiger partial charge in [-0.2, -0.15) is 0 Å². The molecule has 0 amide bonds. The van der Waals surface area contributed by atoms with Gasteiger partial charge in [-0.3, -0.25) is 4.99 Å². The van der Waals surface area contributed by atoms with Crippen LogP contribution in [0.4, 0.5) is 5.69 Å². The molecule has 0 saturated heterocycles. The molecular weight excluding hydrogens is 320 g/mol. The molecule has 1 saturated carbocycles. The number of nitrogens with one attached hydrogen (secondary N) is 1. The van der Waals surface area contributed by atoms with E-state index < -0.39 is 0 Å². The van der Waals surface area contributed by atoms with Crippen LogP contribution in [0.3, 0.4) is 0 Å². The Morgan fingerprint density at radius 3 is 2.84 bits per heavy atom. The summed E-state index contributed by atoms with van der Waals surface area (Å²) < 4.78 is 1.11. The van der Waals surface area contributed by atoms with Crippen molar-refractivity contribution < 1.29 is 0 Å². The SMILES string of the molecule is Cc1ccc(Br)cc1NC1=NC2(CCCCC2)CS1. The summed E-state index contributed by atoms with van der Waals surface area (Å²) in [6.07, 6.45) is 6.60. The molecule has 0 radical (unpaired) electrons. The fraction of sp³-hybridized carbons (Fsp3) is 0.533. The molecule has 1 aliphatic carbocycles. The Hall–Kier alpha value is -0.480. The summed E-state index contributed by atoms with van der Waals surface area (Å²) in [4.78, 5) is 5.00. The zero-order chi connectivity index (χ0) is 13.3. The lowest BCUT2D eigenvalue weighted by Crippen LogP contribution is -2.29. The van der Waals surface area contributed by atoms with E-state index in [-0.39, 0.29) is 5.54 Å². The maximum Gasteiger partial charge on any atom is 0.161 e. The average Bonchev–Trinajstić information content (AvgIpc) is 2.78. The summed E-state index contributed by atoms with van der Waals surface area (Å²) in [6, 6.07) is 6.33. The van der Waals surface area contributed by atoms with Crippen molar-refractivity contribution in [3.63, 3.8) is 0 Å². The van der Waals surface area contributed by atoms with Crippen LogP contribution in [0.15, 0.2) is 27.7 Å². The number of hydrogen-bond donors (Lipinski definition) is 1. The Morgan fingerprint density at radius 2 is 2.05 bits per heavy atom. The summed E-state index contributed by atoms with van der Waals surface area (Å²) in [6.45, 7) is 2.13. The predicted molar refractivity (Wildman–Crippen MR) is 88.2 cm³/mol. The molecule has 1 aliphatic heterocycles. The molecule has 0 atom stereocenters. The second-order valence-electron chi connectivity index (χ2n) is 5.57. The Kier molecular flexibility index (Phi) is 3.90. The first-order chi connectivity index (χ1) is 9.17. The van der Waals surface area contributed by atoms with E-state index >= 15 is 0 Å².